The lowest BCUT2D eigenvalue weighted by molar-refractivity contribution is 0.493. The Kier molecular flexibility index (Phi) is 3.26. The highest BCUT2D eigenvalue weighted by molar-refractivity contribution is 9.10. The molecule has 0 bridgehead atoms. The van der Waals surface area contributed by atoms with Crippen LogP contribution in [0.1, 0.15) is 12.8 Å². The van der Waals surface area contributed by atoms with E-state index in [0.717, 1.165) is 30.4 Å². The largest absolute Gasteiger partial charge is 0.368 e. The van der Waals surface area contributed by atoms with Crippen LogP contribution in [0.15, 0.2) is 22.7 Å². The molecule has 1 aromatic rings. The predicted molar refractivity (Wildman–Crippen MR) is 63.5 cm³/mol. The first-order valence-electron chi connectivity index (χ1n) is 5.13. The van der Waals surface area contributed by atoms with Gasteiger partial charge in [0.05, 0.1) is 5.69 Å². The zero-order chi connectivity index (χ0) is 10.8. The third kappa shape index (κ3) is 2.32. The zero-order valence-electron chi connectivity index (χ0n) is 8.42. The standard InChI is InChI=1S/C11H14BrFN2/c12-9-2-1-3-10(13)11(9)15-6-4-8(14)5-7-15/h1-3,8H,4-7,14H2. The number of para-hydroxylation sites is 1. The minimum Gasteiger partial charge on any atom is -0.368 e. The molecule has 1 heterocycles. The molecule has 2 nitrogen and oxygen atoms in total. The maximum atomic E-state index is 13.6. The number of anilines is 1. The second-order valence-electron chi connectivity index (χ2n) is 3.89. The summed E-state index contributed by atoms with van der Waals surface area (Å²) in [5, 5.41) is 0. The van der Waals surface area contributed by atoms with Crippen molar-refractivity contribution in [1.82, 2.24) is 0 Å². The third-order valence-electron chi connectivity index (χ3n) is 2.79. The van der Waals surface area contributed by atoms with Crippen LogP contribution < -0.4 is 10.6 Å². The smallest absolute Gasteiger partial charge is 0.147 e. The number of rotatable bonds is 1. The average molecular weight is 273 g/mol. The molecule has 4 heteroatoms. The summed E-state index contributed by atoms with van der Waals surface area (Å²) in [6, 6.07) is 5.34. The Morgan fingerprint density at radius 1 is 1.33 bits per heavy atom. The summed E-state index contributed by atoms with van der Waals surface area (Å²) in [7, 11) is 0. The number of piperidine rings is 1. The number of nitrogens with zero attached hydrogens (tertiary/aromatic N) is 1. The molecule has 0 atom stereocenters. The molecule has 0 spiro atoms. The van der Waals surface area contributed by atoms with Gasteiger partial charge in [-0.3, -0.25) is 0 Å². The fourth-order valence-corrected chi connectivity index (χ4v) is 2.51. The van der Waals surface area contributed by atoms with E-state index in [4.69, 9.17) is 5.73 Å². The molecule has 0 radical (unpaired) electrons. The van der Waals surface area contributed by atoms with Crippen molar-refractivity contribution in [2.75, 3.05) is 18.0 Å². The van der Waals surface area contributed by atoms with E-state index in [1.54, 1.807) is 6.07 Å². The zero-order valence-corrected chi connectivity index (χ0v) is 10.0. The Balaban J connectivity index is 2.22. The quantitative estimate of drug-likeness (QED) is 0.851. The van der Waals surface area contributed by atoms with Gasteiger partial charge >= 0.3 is 0 Å². The Hall–Kier alpha value is -0.610. The number of hydrogen-bond donors (Lipinski definition) is 1. The molecule has 2 N–H and O–H groups in total. The number of hydrogen-bond acceptors (Lipinski definition) is 2. The van der Waals surface area contributed by atoms with Crippen LogP contribution in [-0.2, 0) is 0 Å². The molecule has 1 saturated heterocycles. The highest BCUT2D eigenvalue weighted by Crippen LogP contribution is 2.30. The number of nitrogens with two attached hydrogens (primary N) is 1. The maximum Gasteiger partial charge on any atom is 0.147 e. The first kappa shape index (κ1) is 10.9. The fourth-order valence-electron chi connectivity index (χ4n) is 1.91. The van der Waals surface area contributed by atoms with Gasteiger partial charge in [-0.15, -0.1) is 0 Å². The maximum absolute atomic E-state index is 13.6. The first-order valence-corrected chi connectivity index (χ1v) is 5.92. The molecule has 0 amide bonds. The van der Waals surface area contributed by atoms with Gasteiger partial charge in [0.2, 0.25) is 0 Å². The van der Waals surface area contributed by atoms with Crippen molar-refractivity contribution in [3.05, 3.63) is 28.5 Å². The van der Waals surface area contributed by atoms with E-state index in [1.807, 2.05) is 6.07 Å². The van der Waals surface area contributed by atoms with Crippen molar-refractivity contribution >= 4 is 21.6 Å². The van der Waals surface area contributed by atoms with Gasteiger partial charge in [-0.05, 0) is 40.9 Å². The van der Waals surface area contributed by atoms with E-state index in [1.165, 1.54) is 6.07 Å². The van der Waals surface area contributed by atoms with Gasteiger partial charge in [-0.2, -0.15) is 0 Å². The predicted octanol–water partition coefficient (Wildman–Crippen LogP) is 2.52. The molecule has 2 rings (SSSR count). The number of halogens is 2. The third-order valence-corrected chi connectivity index (χ3v) is 3.43. The monoisotopic (exact) mass is 272 g/mol. The summed E-state index contributed by atoms with van der Waals surface area (Å²) < 4.78 is 14.4. The summed E-state index contributed by atoms with van der Waals surface area (Å²) in [6.07, 6.45) is 1.86. The van der Waals surface area contributed by atoms with Crippen LogP contribution >= 0.6 is 15.9 Å². The van der Waals surface area contributed by atoms with Gasteiger partial charge in [-0.1, -0.05) is 6.07 Å². The molecule has 0 aliphatic carbocycles. The van der Waals surface area contributed by atoms with E-state index in [2.05, 4.69) is 20.8 Å². The summed E-state index contributed by atoms with van der Waals surface area (Å²) in [4.78, 5) is 2.06. The minimum atomic E-state index is -0.167. The van der Waals surface area contributed by atoms with E-state index in [9.17, 15) is 4.39 Å². The van der Waals surface area contributed by atoms with E-state index in [0.29, 0.717) is 5.69 Å². The molecule has 0 unspecified atom stereocenters. The lowest BCUT2D eigenvalue weighted by Crippen LogP contribution is -2.40. The summed E-state index contributed by atoms with van der Waals surface area (Å²) in [5.41, 5.74) is 6.49. The van der Waals surface area contributed by atoms with Crippen LogP contribution in [0.3, 0.4) is 0 Å². The first-order chi connectivity index (χ1) is 7.18. The van der Waals surface area contributed by atoms with Gasteiger partial charge in [0.15, 0.2) is 0 Å². The Labute approximate surface area is 97.4 Å². The van der Waals surface area contributed by atoms with Gasteiger partial charge < -0.3 is 10.6 Å². The van der Waals surface area contributed by atoms with Crippen LogP contribution in [0.2, 0.25) is 0 Å². The Bertz CT molecular complexity index is 328. The van der Waals surface area contributed by atoms with Gasteiger partial charge in [-0.25, -0.2) is 4.39 Å². The molecule has 15 heavy (non-hydrogen) atoms. The van der Waals surface area contributed by atoms with Crippen LogP contribution in [0.4, 0.5) is 10.1 Å². The van der Waals surface area contributed by atoms with Gasteiger partial charge in [0.25, 0.3) is 0 Å². The molecular weight excluding hydrogens is 259 g/mol. The molecule has 0 saturated carbocycles. The molecule has 1 aliphatic heterocycles. The molecule has 82 valence electrons. The molecule has 1 aliphatic rings. The lowest BCUT2D eigenvalue weighted by Gasteiger charge is -2.32. The van der Waals surface area contributed by atoms with E-state index in [-0.39, 0.29) is 11.9 Å². The van der Waals surface area contributed by atoms with Crippen LogP contribution in [0, 0.1) is 5.82 Å². The van der Waals surface area contributed by atoms with Gasteiger partial charge in [0.1, 0.15) is 5.82 Å². The van der Waals surface area contributed by atoms with Crippen molar-refractivity contribution in [3.8, 4) is 0 Å². The molecule has 0 aromatic heterocycles. The normalized spacial score (nSPS) is 18.2. The molecule has 1 fully saturated rings. The lowest BCUT2D eigenvalue weighted by atomic mass is 10.1. The topological polar surface area (TPSA) is 29.3 Å². The van der Waals surface area contributed by atoms with Crippen molar-refractivity contribution in [2.45, 2.75) is 18.9 Å². The highest BCUT2D eigenvalue weighted by atomic mass is 79.9. The highest BCUT2D eigenvalue weighted by Gasteiger charge is 2.20. The van der Waals surface area contributed by atoms with Crippen molar-refractivity contribution in [3.63, 3.8) is 0 Å². The number of benzene rings is 1. The van der Waals surface area contributed by atoms with Crippen molar-refractivity contribution in [1.29, 1.82) is 0 Å². The molecular formula is C11H14BrFN2. The summed E-state index contributed by atoms with van der Waals surface area (Å²) in [5.74, 6) is -0.167. The SMILES string of the molecule is NC1CCN(c2c(F)cccc2Br)CC1. The second kappa shape index (κ2) is 4.49. The summed E-state index contributed by atoms with van der Waals surface area (Å²) >= 11 is 3.38. The van der Waals surface area contributed by atoms with Gasteiger partial charge in [0, 0.05) is 23.6 Å². The average Bonchev–Trinajstić information content (AvgIpc) is 2.20. The second-order valence-corrected chi connectivity index (χ2v) is 4.75. The Morgan fingerprint density at radius 2 is 2.00 bits per heavy atom. The van der Waals surface area contributed by atoms with E-state index < -0.39 is 0 Å². The fraction of sp³-hybridized carbons (Fsp3) is 0.455. The van der Waals surface area contributed by atoms with Crippen LogP contribution in [0.5, 0.6) is 0 Å². The van der Waals surface area contributed by atoms with Crippen LogP contribution in [-0.4, -0.2) is 19.1 Å². The molecule has 1 aromatic carbocycles. The minimum absolute atomic E-state index is 0.167. The van der Waals surface area contributed by atoms with Crippen LogP contribution in [0.25, 0.3) is 0 Å². The Morgan fingerprint density at radius 3 is 2.60 bits per heavy atom. The van der Waals surface area contributed by atoms with Crippen molar-refractivity contribution in [2.24, 2.45) is 5.73 Å². The van der Waals surface area contributed by atoms with E-state index >= 15 is 0 Å². The van der Waals surface area contributed by atoms with Crippen molar-refractivity contribution < 1.29 is 4.39 Å². The summed E-state index contributed by atoms with van der Waals surface area (Å²) in [6.45, 7) is 1.67.